The highest BCUT2D eigenvalue weighted by Gasteiger charge is 2.19. The molecule has 5 aromatic heterocycles. The van der Waals surface area contributed by atoms with E-state index in [1.54, 1.807) is 37.7 Å². The van der Waals surface area contributed by atoms with E-state index in [0.717, 1.165) is 16.9 Å². The summed E-state index contributed by atoms with van der Waals surface area (Å²) in [5.74, 6) is 0.229. The van der Waals surface area contributed by atoms with Gasteiger partial charge in [-0.25, -0.2) is 15.0 Å². The van der Waals surface area contributed by atoms with E-state index in [9.17, 15) is 4.79 Å². The van der Waals surface area contributed by atoms with Crippen LogP contribution in [-0.2, 0) is 0 Å². The van der Waals surface area contributed by atoms with Gasteiger partial charge < -0.3 is 9.14 Å². The van der Waals surface area contributed by atoms with E-state index in [-0.39, 0.29) is 5.91 Å². The maximum atomic E-state index is 13.4. The zero-order valence-electron chi connectivity index (χ0n) is 19.6. The van der Waals surface area contributed by atoms with Gasteiger partial charge in [0, 0.05) is 52.2 Å². The molecule has 0 fully saturated rings. The maximum absolute atomic E-state index is 13.4. The Hall–Kier alpha value is -4.41. The van der Waals surface area contributed by atoms with Crippen molar-refractivity contribution >= 4 is 50.1 Å². The number of nitrogens with one attached hydrogen (secondary N) is 1. The normalized spacial score (nSPS) is 11.2. The lowest BCUT2D eigenvalue weighted by Crippen LogP contribution is -2.14. The number of amides is 1. The first-order chi connectivity index (χ1) is 18.0. The van der Waals surface area contributed by atoms with Crippen LogP contribution in [-0.4, -0.2) is 42.3 Å². The maximum Gasteiger partial charge on any atom is 0.259 e. The minimum atomic E-state index is -0.367. The van der Waals surface area contributed by atoms with Crippen LogP contribution >= 0.6 is 22.9 Å². The molecule has 0 aliphatic heterocycles. The molecule has 37 heavy (non-hydrogen) atoms. The molecule has 0 saturated heterocycles. The van der Waals surface area contributed by atoms with Crippen LogP contribution in [0.4, 0.5) is 5.13 Å². The van der Waals surface area contributed by atoms with E-state index in [0.29, 0.717) is 48.8 Å². The third-order valence-electron chi connectivity index (χ3n) is 5.77. The summed E-state index contributed by atoms with van der Waals surface area (Å²) in [5.41, 5.74) is 5.30. The van der Waals surface area contributed by atoms with Gasteiger partial charge in [0.25, 0.3) is 5.91 Å². The van der Waals surface area contributed by atoms with Crippen LogP contribution in [0.25, 0.3) is 38.5 Å². The average molecular weight is 528 g/mol. The summed E-state index contributed by atoms with van der Waals surface area (Å²) in [5, 5.41) is 3.78. The summed E-state index contributed by atoms with van der Waals surface area (Å²) in [6, 6.07) is 11.0. The molecule has 0 bridgehead atoms. The number of pyridine rings is 2. The summed E-state index contributed by atoms with van der Waals surface area (Å²) < 4.78 is 7.43. The van der Waals surface area contributed by atoms with Crippen molar-refractivity contribution in [1.82, 2.24) is 29.3 Å². The summed E-state index contributed by atoms with van der Waals surface area (Å²) >= 11 is 7.50. The standard InChI is InChI=1S/C26H18ClN7O2S/c1-14-9-17(18-11-16(27)3-4-21(18)36-2)19(12-29-14)24(35)33-26-32-23-25(37-26)31-20(13-30-23)15-5-7-34-8-6-28-22(34)10-15/h3-13H,1-2H3,(H,30,32,33,35). The number of ether oxygens (including phenoxy) is 1. The molecule has 6 rings (SSSR count). The summed E-state index contributed by atoms with van der Waals surface area (Å²) in [6.07, 6.45) is 8.74. The Labute approximate surface area is 219 Å². The number of carbonyl (C=O) groups is 1. The number of imidazole rings is 1. The van der Waals surface area contributed by atoms with Crippen LogP contribution in [0.3, 0.4) is 0 Å². The molecule has 5 heterocycles. The van der Waals surface area contributed by atoms with Crippen LogP contribution in [0.2, 0.25) is 5.02 Å². The number of hydrogen-bond acceptors (Lipinski definition) is 8. The number of aryl methyl sites for hydroxylation is 1. The van der Waals surface area contributed by atoms with Crippen LogP contribution in [0, 0.1) is 6.92 Å². The van der Waals surface area contributed by atoms with Gasteiger partial charge in [-0.3, -0.25) is 15.1 Å². The van der Waals surface area contributed by atoms with Crippen molar-refractivity contribution in [3.8, 4) is 28.1 Å². The smallest absolute Gasteiger partial charge is 0.259 e. The largest absolute Gasteiger partial charge is 0.496 e. The highest BCUT2D eigenvalue weighted by molar-refractivity contribution is 7.21. The predicted octanol–water partition coefficient (Wildman–Crippen LogP) is 5.69. The predicted molar refractivity (Wildman–Crippen MR) is 143 cm³/mol. The van der Waals surface area contributed by atoms with Crippen LogP contribution in [0.5, 0.6) is 5.75 Å². The van der Waals surface area contributed by atoms with E-state index in [4.69, 9.17) is 21.3 Å². The highest BCUT2D eigenvalue weighted by Crippen LogP contribution is 2.35. The number of benzene rings is 1. The van der Waals surface area contributed by atoms with E-state index >= 15 is 0 Å². The van der Waals surface area contributed by atoms with Gasteiger partial charge in [-0.1, -0.05) is 22.9 Å². The fourth-order valence-electron chi connectivity index (χ4n) is 4.00. The number of hydrogen-bond donors (Lipinski definition) is 1. The lowest BCUT2D eigenvalue weighted by Gasteiger charge is -2.13. The van der Waals surface area contributed by atoms with Crippen molar-refractivity contribution in [1.29, 1.82) is 0 Å². The molecule has 1 amide bonds. The number of fused-ring (bicyclic) bond motifs is 2. The van der Waals surface area contributed by atoms with Gasteiger partial charge in [0.05, 0.1) is 24.6 Å². The Morgan fingerprint density at radius 2 is 1.92 bits per heavy atom. The van der Waals surface area contributed by atoms with Crippen LogP contribution < -0.4 is 10.1 Å². The van der Waals surface area contributed by atoms with Gasteiger partial charge in [0.2, 0.25) is 0 Å². The monoisotopic (exact) mass is 527 g/mol. The second-order valence-corrected chi connectivity index (χ2v) is 9.60. The molecule has 0 saturated carbocycles. The second kappa shape index (κ2) is 9.23. The fourth-order valence-corrected chi connectivity index (χ4v) is 4.97. The number of aromatic nitrogens is 6. The van der Waals surface area contributed by atoms with Crippen molar-refractivity contribution in [2.45, 2.75) is 6.92 Å². The van der Waals surface area contributed by atoms with Gasteiger partial charge in [0.15, 0.2) is 15.6 Å². The van der Waals surface area contributed by atoms with Crippen molar-refractivity contribution in [2.24, 2.45) is 0 Å². The first kappa shape index (κ1) is 23.0. The Morgan fingerprint density at radius 3 is 2.78 bits per heavy atom. The molecule has 0 unspecified atom stereocenters. The highest BCUT2D eigenvalue weighted by atomic mass is 35.5. The number of methoxy groups -OCH3 is 1. The second-order valence-electron chi connectivity index (χ2n) is 8.18. The minimum absolute atomic E-state index is 0.361. The molecule has 9 nitrogen and oxygen atoms in total. The number of thiazole rings is 1. The molecule has 0 spiro atoms. The van der Waals surface area contributed by atoms with E-state index < -0.39 is 0 Å². The number of halogens is 1. The molecule has 0 aliphatic rings. The van der Waals surface area contributed by atoms with E-state index in [2.05, 4.69) is 25.3 Å². The molecular formula is C26H18ClN7O2S. The summed E-state index contributed by atoms with van der Waals surface area (Å²) in [7, 11) is 1.57. The summed E-state index contributed by atoms with van der Waals surface area (Å²) in [6.45, 7) is 1.86. The number of rotatable bonds is 5. The quantitative estimate of drug-likeness (QED) is 0.307. The molecular weight excluding hydrogens is 510 g/mol. The summed E-state index contributed by atoms with van der Waals surface area (Å²) in [4.78, 5) is 36.2. The SMILES string of the molecule is COc1ccc(Cl)cc1-c1cc(C)ncc1C(=O)Nc1nc2ncc(-c3ccn4ccnc4c3)nc2s1. The zero-order chi connectivity index (χ0) is 25.5. The Kier molecular flexibility index (Phi) is 5.74. The van der Waals surface area contributed by atoms with Crippen molar-refractivity contribution in [3.63, 3.8) is 0 Å². The average Bonchev–Trinajstić information content (AvgIpc) is 3.53. The molecule has 0 atom stereocenters. The van der Waals surface area contributed by atoms with Crippen LogP contribution in [0.15, 0.2) is 67.4 Å². The Bertz CT molecular complexity index is 1810. The molecule has 1 aromatic carbocycles. The first-order valence-electron chi connectivity index (χ1n) is 11.2. The lowest BCUT2D eigenvalue weighted by atomic mass is 9.99. The Balaban J connectivity index is 1.33. The van der Waals surface area contributed by atoms with Crippen molar-refractivity contribution < 1.29 is 9.53 Å². The van der Waals surface area contributed by atoms with Crippen LogP contribution in [0.1, 0.15) is 16.1 Å². The number of carbonyl (C=O) groups excluding carboxylic acids is 1. The van der Waals surface area contributed by atoms with E-state index in [1.165, 1.54) is 17.5 Å². The molecule has 1 N–H and O–H groups in total. The number of nitrogens with zero attached hydrogens (tertiary/aromatic N) is 6. The lowest BCUT2D eigenvalue weighted by molar-refractivity contribution is 0.102. The number of anilines is 1. The Morgan fingerprint density at radius 1 is 1.03 bits per heavy atom. The third-order valence-corrected chi connectivity index (χ3v) is 6.86. The minimum Gasteiger partial charge on any atom is -0.496 e. The van der Waals surface area contributed by atoms with Gasteiger partial charge in [-0.15, -0.1) is 0 Å². The van der Waals surface area contributed by atoms with Gasteiger partial charge in [-0.2, -0.15) is 4.98 Å². The third kappa shape index (κ3) is 4.37. The molecule has 11 heteroatoms. The van der Waals surface area contributed by atoms with Crippen molar-refractivity contribution in [3.05, 3.63) is 83.7 Å². The first-order valence-corrected chi connectivity index (χ1v) is 12.4. The van der Waals surface area contributed by atoms with Crippen molar-refractivity contribution in [2.75, 3.05) is 12.4 Å². The molecule has 6 aromatic rings. The fraction of sp³-hybridized carbons (Fsp3) is 0.0769. The van der Waals surface area contributed by atoms with Gasteiger partial charge in [-0.05, 0) is 43.3 Å². The molecule has 0 aliphatic carbocycles. The van der Waals surface area contributed by atoms with Gasteiger partial charge in [0.1, 0.15) is 11.4 Å². The van der Waals surface area contributed by atoms with E-state index in [1.807, 2.05) is 41.9 Å². The molecule has 0 radical (unpaired) electrons. The topological polar surface area (TPSA) is 107 Å². The zero-order valence-corrected chi connectivity index (χ0v) is 21.2. The van der Waals surface area contributed by atoms with Gasteiger partial charge >= 0.3 is 0 Å². The molecule has 182 valence electrons.